The van der Waals surface area contributed by atoms with E-state index in [0.717, 1.165) is 5.92 Å². The van der Waals surface area contributed by atoms with Gasteiger partial charge in [0.15, 0.2) is 8.32 Å². The SMILES string of the molecule is C=C1CCCC(C)(C)C1CC1CC1O[Si](C)(C)C(C)(C)C. The summed E-state index contributed by atoms with van der Waals surface area (Å²) in [5, 5.41) is 0.327. The lowest BCUT2D eigenvalue weighted by Crippen LogP contribution is -2.41. The largest absolute Gasteiger partial charge is 0.414 e. The average molecular weight is 309 g/mol. The minimum Gasteiger partial charge on any atom is -0.414 e. The van der Waals surface area contributed by atoms with Crippen LogP contribution in [0.25, 0.3) is 0 Å². The van der Waals surface area contributed by atoms with Gasteiger partial charge in [0.1, 0.15) is 0 Å². The first-order chi connectivity index (χ1) is 9.44. The van der Waals surface area contributed by atoms with E-state index in [1.165, 1.54) is 37.7 Å². The number of allylic oxidation sites excluding steroid dienone is 1. The summed E-state index contributed by atoms with van der Waals surface area (Å²) in [5.41, 5.74) is 1.95. The van der Waals surface area contributed by atoms with Crippen molar-refractivity contribution in [1.29, 1.82) is 0 Å². The molecule has 2 saturated carbocycles. The molecule has 3 unspecified atom stereocenters. The second-order valence-corrected chi connectivity index (χ2v) is 14.5. The van der Waals surface area contributed by atoms with Gasteiger partial charge in [-0.3, -0.25) is 0 Å². The molecule has 0 saturated heterocycles. The highest BCUT2D eigenvalue weighted by Gasteiger charge is 2.49. The first-order valence-electron chi connectivity index (χ1n) is 8.79. The topological polar surface area (TPSA) is 9.23 Å². The number of hydrogen-bond acceptors (Lipinski definition) is 1. The maximum Gasteiger partial charge on any atom is 0.192 e. The third kappa shape index (κ3) is 3.82. The lowest BCUT2D eigenvalue weighted by atomic mass is 9.65. The standard InChI is InChI=1S/C19H36OSi/c1-14-10-9-11-19(5,6)16(14)12-15-13-17(15)20-21(7,8)18(2,3)4/h15-17H,1,9-13H2,2-8H3. The molecule has 3 atom stereocenters. The molecule has 0 aliphatic heterocycles. The quantitative estimate of drug-likeness (QED) is 0.446. The second kappa shape index (κ2) is 5.52. The zero-order valence-corrected chi connectivity index (χ0v) is 16.4. The summed E-state index contributed by atoms with van der Waals surface area (Å²) >= 11 is 0. The Labute approximate surface area is 133 Å². The summed E-state index contributed by atoms with van der Waals surface area (Å²) < 4.78 is 6.58. The first-order valence-corrected chi connectivity index (χ1v) is 11.7. The lowest BCUT2D eigenvalue weighted by Gasteiger charge is -2.41. The van der Waals surface area contributed by atoms with Crippen LogP contribution in [-0.4, -0.2) is 14.4 Å². The monoisotopic (exact) mass is 308 g/mol. The van der Waals surface area contributed by atoms with Gasteiger partial charge in [-0.15, -0.1) is 0 Å². The Morgan fingerprint density at radius 1 is 1.29 bits per heavy atom. The van der Waals surface area contributed by atoms with Crippen LogP contribution in [0.4, 0.5) is 0 Å². The molecule has 2 aliphatic carbocycles. The Balaban J connectivity index is 1.91. The minimum absolute atomic E-state index is 0.327. The Bertz CT molecular complexity index is 402. The maximum absolute atomic E-state index is 6.58. The summed E-state index contributed by atoms with van der Waals surface area (Å²) in [4.78, 5) is 0. The predicted molar refractivity (Wildman–Crippen MR) is 95.1 cm³/mol. The Kier molecular flexibility index (Phi) is 4.54. The third-order valence-corrected chi connectivity index (χ3v) is 10.9. The van der Waals surface area contributed by atoms with Crippen LogP contribution >= 0.6 is 0 Å². The highest BCUT2D eigenvalue weighted by molar-refractivity contribution is 6.74. The van der Waals surface area contributed by atoms with E-state index in [0.29, 0.717) is 22.5 Å². The van der Waals surface area contributed by atoms with Crippen LogP contribution in [0.5, 0.6) is 0 Å². The van der Waals surface area contributed by atoms with Crippen molar-refractivity contribution >= 4 is 8.32 Å². The van der Waals surface area contributed by atoms with Crippen LogP contribution in [-0.2, 0) is 4.43 Å². The van der Waals surface area contributed by atoms with E-state index >= 15 is 0 Å². The molecule has 0 N–H and O–H groups in total. The minimum atomic E-state index is -1.59. The Morgan fingerprint density at radius 3 is 2.43 bits per heavy atom. The van der Waals surface area contributed by atoms with Gasteiger partial charge in [-0.2, -0.15) is 0 Å². The molecule has 0 aromatic rings. The van der Waals surface area contributed by atoms with Gasteiger partial charge in [-0.05, 0) is 67.5 Å². The lowest BCUT2D eigenvalue weighted by molar-refractivity contribution is 0.163. The van der Waals surface area contributed by atoms with Gasteiger partial charge in [0.25, 0.3) is 0 Å². The summed E-state index contributed by atoms with van der Waals surface area (Å²) in [6.45, 7) is 21.0. The molecule has 122 valence electrons. The van der Waals surface area contributed by atoms with Crippen molar-refractivity contribution in [3.8, 4) is 0 Å². The van der Waals surface area contributed by atoms with Gasteiger partial charge in [0.2, 0.25) is 0 Å². The van der Waals surface area contributed by atoms with Crippen LogP contribution < -0.4 is 0 Å². The summed E-state index contributed by atoms with van der Waals surface area (Å²) in [7, 11) is -1.59. The summed E-state index contributed by atoms with van der Waals surface area (Å²) in [5.74, 6) is 1.50. The van der Waals surface area contributed by atoms with Crippen LogP contribution in [0.2, 0.25) is 18.1 Å². The Hall–Kier alpha value is -0.0831. The van der Waals surface area contributed by atoms with Crippen molar-refractivity contribution in [3.63, 3.8) is 0 Å². The third-order valence-electron chi connectivity index (χ3n) is 6.40. The highest BCUT2D eigenvalue weighted by atomic mass is 28.4. The molecule has 21 heavy (non-hydrogen) atoms. The molecule has 1 nitrogen and oxygen atoms in total. The molecule has 2 rings (SSSR count). The van der Waals surface area contributed by atoms with Crippen molar-refractivity contribution in [2.75, 3.05) is 0 Å². The van der Waals surface area contributed by atoms with Gasteiger partial charge in [-0.1, -0.05) is 46.8 Å². The molecule has 0 aromatic carbocycles. The van der Waals surface area contributed by atoms with Crippen molar-refractivity contribution < 1.29 is 4.43 Å². The smallest absolute Gasteiger partial charge is 0.192 e. The van der Waals surface area contributed by atoms with Gasteiger partial charge in [0, 0.05) is 6.10 Å². The van der Waals surface area contributed by atoms with Crippen LogP contribution in [0.15, 0.2) is 12.2 Å². The fourth-order valence-corrected chi connectivity index (χ4v) is 5.03. The molecule has 0 spiro atoms. The van der Waals surface area contributed by atoms with Crippen LogP contribution in [0.3, 0.4) is 0 Å². The van der Waals surface area contributed by atoms with E-state index in [2.05, 4.69) is 54.3 Å². The zero-order chi connectivity index (χ0) is 16.1. The number of rotatable bonds is 4. The second-order valence-electron chi connectivity index (χ2n) is 9.70. The van der Waals surface area contributed by atoms with E-state index in [1.54, 1.807) is 0 Å². The van der Waals surface area contributed by atoms with Gasteiger partial charge in [-0.25, -0.2) is 0 Å². The van der Waals surface area contributed by atoms with Crippen molar-refractivity contribution in [1.82, 2.24) is 0 Å². The van der Waals surface area contributed by atoms with E-state index in [-0.39, 0.29) is 0 Å². The molecule has 0 radical (unpaired) electrons. The predicted octanol–water partition coefficient (Wildman–Crippen LogP) is 6.17. The van der Waals surface area contributed by atoms with E-state index < -0.39 is 8.32 Å². The van der Waals surface area contributed by atoms with Crippen LogP contribution in [0, 0.1) is 17.3 Å². The van der Waals surface area contributed by atoms with E-state index in [9.17, 15) is 0 Å². The molecule has 2 heteroatoms. The highest BCUT2D eigenvalue weighted by Crippen LogP contribution is 2.52. The molecule has 0 bridgehead atoms. The first kappa shape index (κ1) is 17.3. The average Bonchev–Trinajstić information content (AvgIpc) is 2.99. The zero-order valence-electron chi connectivity index (χ0n) is 15.4. The molecule has 0 heterocycles. The molecule has 0 aromatic heterocycles. The summed E-state index contributed by atoms with van der Waals surface area (Å²) in [6, 6.07) is 0. The molecular weight excluding hydrogens is 272 g/mol. The normalized spacial score (nSPS) is 33.1. The Morgan fingerprint density at radius 2 is 1.90 bits per heavy atom. The number of hydrogen-bond donors (Lipinski definition) is 0. The summed E-state index contributed by atoms with van der Waals surface area (Å²) in [6.07, 6.45) is 7.07. The molecular formula is C19H36OSi. The van der Waals surface area contributed by atoms with Gasteiger partial charge in [0.05, 0.1) is 0 Å². The fourth-order valence-electron chi connectivity index (χ4n) is 3.63. The molecule has 2 aliphatic rings. The van der Waals surface area contributed by atoms with E-state index in [1.807, 2.05) is 0 Å². The van der Waals surface area contributed by atoms with Gasteiger partial charge < -0.3 is 4.43 Å². The van der Waals surface area contributed by atoms with Crippen molar-refractivity contribution in [3.05, 3.63) is 12.2 Å². The van der Waals surface area contributed by atoms with Gasteiger partial charge >= 0.3 is 0 Å². The molecule has 2 fully saturated rings. The van der Waals surface area contributed by atoms with E-state index in [4.69, 9.17) is 4.43 Å². The fraction of sp³-hybridized carbons (Fsp3) is 0.895. The molecule has 0 amide bonds. The van der Waals surface area contributed by atoms with Crippen molar-refractivity contribution in [2.45, 2.75) is 91.0 Å². The van der Waals surface area contributed by atoms with Crippen LogP contribution in [0.1, 0.15) is 66.7 Å². The van der Waals surface area contributed by atoms with Crippen molar-refractivity contribution in [2.24, 2.45) is 17.3 Å². The maximum atomic E-state index is 6.58.